The van der Waals surface area contributed by atoms with Crippen molar-refractivity contribution in [1.29, 1.82) is 0 Å². The Balaban J connectivity index is 0.00000202. The standard InChI is InChI=1S/C17H13.C13H8F2.C7H9.2ClH.Zr/c1-3-12-5-7-14-11-15-8-6-13(4-2)10-17(15)16(14)9-12;14-12-5-1-10(2-6-12)9-11-3-7-13(15)8-4-11;1-6-3-4-7(2)5-6;;;/h3-11H,1-2H2;1-8H;3,5,7H,1-2H3;2*1H;/q;;;;;+2/p-2. The molecule has 5 heteroatoms. The molecule has 4 aromatic rings. The maximum absolute atomic E-state index is 14.2. The van der Waals surface area contributed by atoms with Gasteiger partial charge in [-0.25, -0.2) is 0 Å². The molecule has 0 N–H and O–H groups in total. The Morgan fingerprint density at radius 1 is 0.714 bits per heavy atom. The number of allylic oxidation sites excluding steroid dienone is 4. The van der Waals surface area contributed by atoms with Gasteiger partial charge in [0.25, 0.3) is 0 Å². The molecule has 0 fully saturated rings. The van der Waals surface area contributed by atoms with Gasteiger partial charge in [0.15, 0.2) is 0 Å². The zero-order chi connectivity index (χ0) is 28.0. The molecule has 0 amide bonds. The number of benzene rings is 4. The summed E-state index contributed by atoms with van der Waals surface area (Å²) in [5.41, 5.74) is 10.6. The predicted octanol–water partition coefficient (Wildman–Crippen LogP) is 3.70. The quantitative estimate of drug-likeness (QED) is 0.293. The van der Waals surface area contributed by atoms with Crippen LogP contribution in [0.3, 0.4) is 0 Å². The molecule has 1 unspecified atom stereocenters. The van der Waals surface area contributed by atoms with E-state index in [4.69, 9.17) is 0 Å². The first-order valence-electron chi connectivity index (χ1n) is 13.6. The van der Waals surface area contributed by atoms with Gasteiger partial charge in [0.1, 0.15) is 0 Å². The van der Waals surface area contributed by atoms with Crippen LogP contribution in [0.25, 0.3) is 23.3 Å². The van der Waals surface area contributed by atoms with E-state index in [1.165, 1.54) is 34.3 Å². The molecule has 42 heavy (non-hydrogen) atoms. The molecule has 0 bridgehead atoms. The van der Waals surface area contributed by atoms with Crippen molar-refractivity contribution >= 4 is 15.4 Å². The monoisotopic (exact) mass is 672 g/mol. The molecule has 6 rings (SSSR count). The molecule has 2 aliphatic rings. The number of hydrogen-bond donors (Lipinski definition) is 0. The molecule has 1 atom stereocenters. The molecular weight excluding hydrogens is 645 g/mol. The fourth-order valence-electron chi connectivity index (χ4n) is 6.25. The van der Waals surface area contributed by atoms with Crippen LogP contribution in [-0.4, -0.2) is 3.21 Å². The molecule has 2 aliphatic carbocycles. The molecule has 0 saturated carbocycles. The van der Waals surface area contributed by atoms with E-state index in [9.17, 15) is 8.78 Å². The minimum atomic E-state index is -2.98. The van der Waals surface area contributed by atoms with Crippen LogP contribution in [0.4, 0.5) is 8.78 Å². The van der Waals surface area contributed by atoms with Gasteiger partial charge < -0.3 is 24.8 Å². The van der Waals surface area contributed by atoms with Crippen LogP contribution in [0.15, 0.2) is 119 Å². The predicted molar refractivity (Wildman–Crippen MR) is 161 cm³/mol. The molecule has 210 valence electrons. The Kier molecular flexibility index (Phi) is 9.99. The van der Waals surface area contributed by atoms with E-state index in [2.05, 4.69) is 75.6 Å². The molecule has 4 aromatic carbocycles. The van der Waals surface area contributed by atoms with Crippen LogP contribution < -0.4 is 24.8 Å². The Morgan fingerprint density at radius 2 is 1.17 bits per heavy atom. The van der Waals surface area contributed by atoms with Crippen LogP contribution >= 0.6 is 0 Å². The molecule has 0 saturated heterocycles. The molecule has 0 radical (unpaired) electrons. The van der Waals surface area contributed by atoms with Crippen molar-refractivity contribution < 1.29 is 54.9 Å². The Morgan fingerprint density at radius 3 is 1.55 bits per heavy atom. The summed E-state index contributed by atoms with van der Waals surface area (Å²) in [7, 11) is 0. The minimum Gasteiger partial charge on any atom is -1.00 e. The first-order valence-corrected chi connectivity index (χ1v) is 17.4. The van der Waals surface area contributed by atoms with Crippen LogP contribution in [0.2, 0.25) is 0 Å². The fraction of sp³-hybridized carbons (Fsp3) is 0.108. The summed E-state index contributed by atoms with van der Waals surface area (Å²) in [4.78, 5) is 0. The van der Waals surface area contributed by atoms with Crippen molar-refractivity contribution in [3.05, 3.63) is 164 Å². The van der Waals surface area contributed by atoms with E-state index < -0.39 is 21.3 Å². The van der Waals surface area contributed by atoms with Crippen molar-refractivity contribution in [3.63, 3.8) is 0 Å². The van der Waals surface area contributed by atoms with E-state index in [0.717, 1.165) is 22.3 Å². The van der Waals surface area contributed by atoms with Crippen molar-refractivity contribution in [2.24, 2.45) is 5.92 Å². The van der Waals surface area contributed by atoms with Gasteiger partial charge in [0.05, 0.1) is 0 Å². The molecular formula is C37H30Cl2F2Zr. The third-order valence-corrected chi connectivity index (χ3v) is 16.8. The first kappa shape index (κ1) is 32.0. The summed E-state index contributed by atoms with van der Waals surface area (Å²) in [6.07, 6.45) is 8.53. The Labute approximate surface area is 267 Å². The molecule has 0 spiro atoms. The molecule has 0 heterocycles. The largest absolute Gasteiger partial charge is 1.00 e. The summed E-state index contributed by atoms with van der Waals surface area (Å²) in [6.45, 7) is 12.5. The molecule has 0 aliphatic heterocycles. The summed E-state index contributed by atoms with van der Waals surface area (Å²) >= 11 is -2.98. The fourth-order valence-corrected chi connectivity index (χ4v) is 16.0. The van der Waals surface area contributed by atoms with Crippen molar-refractivity contribution in [2.45, 2.75) is 17.5 Å². The number of rotatable bonds is 6. The normalized spacial score (nSPS) is 14.7. The third kappa shape index (κ3) is 5.80. The zero-order valence-electron chi connectivity index (χ0n) is 23.5. The average Bonchev–Trinajstić information content (AvgIpc) is 3.47. The third-order valence-electron chi connectivity index (χ3n) is 8.06. The SMILES string of the molecule is C=Cc1ccc2c(c1)-c1cc(C=C)ccc1[CH]2[Zr+2]([C]1=CC(C)=CC1C)=[C](c1ccc(F)cc1)c1ccc(F)cc1.[Cl-].[Cl-]. The van der Waals surface area contributed by atoms with Gasteiger partial charge in [-0.05, 0) is 0 Å². The smallest absolute Gasteiger partial charge is 1.00 e. The second-order valence-corrected chi connectivity index (χ2v) is 16.7. The summed E-state index contributed by atoms with van der Waals surface area (Å²) in [5.74, 6) is -0.217. The number of fused-ring (bicyclic) bond motifs is 3. The Hall–Kier alpha value is -2.97. The van der Waals surface area contributed by atoms with Gasteiger partial charge in [-0.2, -0.15) is 0 Å². The number of halogens is 4. The van der Waals surface area contributed by atoms with Crippen LogP contribution in [0, 0.1) is 17.6 Å². The van der Waals surface area contributed by atoms with Crippen LogP contribution in [0.5, 0.6) is 0 Å². The summed E-state index contributed by atoms with van der Waals surface area (Å²) in [5, 5.41) is 0. The van der Waals surface area contributed by atoms with Crippen molar-refractivity contribution in [1.82, 2.24) is 0 Å². The summed E-state index contributed by atoms with van der Waals surface area (Å²) < 4.78 is 31.3. The van der Waals surface area contributed by atoms with E-state index in [-0.39, 0.29) is 40.1 Å². The maximum Gasteiger partial charge on any atom is -1.00 e. The van der Waals surface area contributed by atoms with Gasteiger partial charge in [0.2, 0.25) is 0 Å². The maximum atomic E-state index is 14.2. The van der Waals surface area contributed by atoms with Gasteiger partial charge in [-0.1, -0.05) is 0 Å². The zero-order valence-corrected chi connectivity index (χ0v) is 27.4. The van der Waals surface area contributed by atoms with E-state index in [1.807, 2.05) is 36.4 Å². The van der Waals surface area contributed by atoms with Crippen LogP contribution in [0.1, 0.15) is 50.9 Å². The minimum absolute atomic E-state index is 0. The number of hydrogen-bond acceptors (Lipinski definition) is 0. The van der Waals surface area contributed by atoms with Gasteiger partial charge in [-0.15, -0.1) is 0 Å². The molecule has 0 nitrogen and oxygen atoms in total. The van der Waals surface area contributed by atoms with Crippen molar-refractivity contribution in [3.8, 4) is 11.1 Å². The first-order chi connectivity index (χ1) is 19.4. The van der Waals surface area contributed by atoms with E-state index in [0.29, 0.717) is 5.92 Å². The van der Waals surface area contributed by atoms with Crippen molar-refractivity contribution in [2.75, 3.05) is 0 Å². The second-order valence-electron chi connectivity index (χ2n) is 10.6. The van der Waals surface area contributed by atoms with Gasteiger partial charge in [-0.3, -0.25) is 0 Å². The average molecular weight is 675 g/mol. The second kappa shape index (κ2) is 13.1. The molecule has 0 aromatic heterocycles. The topological polar surface area (TPSA) is 0 Å². The van der Waals surface area contributed by atoms with E-state index >= 15 is 0 Å². The van der Waals surface area contributed by atoms with Gasteiger partial charge in [0, 0.05) is 0 Å². The van der Waals surface area contributed by atoms with E-state index in [1.54, 1.807) is 24.3 Å². The van der Waals surface area contributed by atoms with Crippen LogP contribution in [-0.2, 0) is 21.3 Å². The summed E-state index contributed by atoms with van der Waals surface area (Å²) in [6, 6.07) is 27.1. The Bertz CT molecular complexity index is 1660. The van der Waals surface area contributed by atoms with Gasteiger partial charge >= 0.3 is 244 Å².